The molecule has 0 aromatic carbocycles. The van der Waals surface area contributed by atoms with Crippen LogP contribution in [0.5, 0.6) is 0 Å². The first-order valence-corrected chi connectivity index (χ1v) is 4.38. The van der Waals surface area contributed by atoms with Gasteiger partial charge < -0.3 is 4.74 Å². The standard InChI is InChI=1S/C7H9BrN2O/c1-5-7(8)6-4-11-3-2-10(6)9-5/h2-4H2,1H3. The summed E-state index contributed by atoms with van der Waals surface area (Å²) in [5, 5.41) is 4.34. The summed E-state index contributed by atoms with van der Waals surface area (Å²) < 4.78 is 8.40. The number of rotatable bonds is 0. The second kappa shape index (κ2) is 2.60. The van der Waals surface area contributed by atoms with Crippen molar-refractivity contribution in [1.82, 2.24) is 9.78 Å². The molecule has 1 aliphatic rings. The lowest BCUT2D eigenvalue weighted by Gasteiger charge is -2.13. The summed E-state index contributed by atoms with van der Waals surface area (Å²) in [7, 11) is 0. The first-order valence-electron chi connectivity index (χ1n) is 3.58. The Morgan fingerprint density at radius 1 is 1.64 bits per heavy atom. The number of ether oxygens (including phenoxy) is 1. The normalized spacial score (nSPS) is 16.5. The Morgan fingerprint density at radius 3 is 3.18 bits per heavy atom. The van der Waals surface area contributed by atoms with Gasteiger partial charge in [0.05, 0.1) is 35.6 Å². The maximum absolute atomic E-state index is 5.30. The van der Waals surface area contributed by atoms with Gasteiger partial charge in [0.1, 0.15) is 0 Å². The Bertz CT molecular complexity index is 282. The van der Waals surface area contributed by atoms with Crippen molar-refractivity contribution in [3.8, 4) is 0 Å². The minimum absolute atomic E-state index is 0.682. The van der Waals surface area contributed by atoms with Crippen molar-refractivity contribution in [3.63, 3.8) is 0 Å². The fraction of sp³-hybridized carbons (Fsp3) is 0.571. The van der Waals surface area contributed by atoms with E-state index in [-0.39, 0.29) is 0 Å². The highest BCUT2D eigenvalue weighted by molar-refractivity contribution is 9.10. The number of aromatic nitrogens is 2. The lowest BCUT2D eigenvalue weighted by molar-refractivity contribution is 0.0795. The Balaban J connectivity index is 2.50. The van der Waals surface area contributed by atoms with E-state index in [1.165, 1.54) is 0 Å². The monoisotopic (exact) mass is 216 g/mol. The topological polar surface area (TPSA) is 27.1 Å². The number of fused-ring (bicyclic) bond motifs is 1. The van der Waals surface area contributed by atoms with E-state index in [0.29, 0.717) is 6.61 Å². The SMILES string of the molecule is Cc1nn2c(c1Br)COCC2. The highest BCUT2D eigenvalue weighted by Gasteiger charge is 2.15. The van der Waals surface area contributed by atoms with Crippen molar-refractivity contribution < 1.29 is 4.74 Å². The minimum Gasteiger partial charge on any atom is -0.373 e. The van der Waals surface area contributed by atoms with Gasteiger partial charge in [-0.1, -0.05) is 0 Å². The summed E-state index contributed by atoms with van der Waals surface area (Å²) in [6, 6.07) is 0. The summed E-state index contributed by atoms with van der Waals surface area (Å²) in [6.07, 6.45) is 0. The molecule has 0 bridgehead atoms. The molecule has 0 fully saturated rings. The number of aryl methyl sites for hydroxylation is 1. The van der Waals surface area contributed by atoms with Crippen LogP contribution in [0.2, 0.25) is 0 Å². The van der Waals surface area contributed by atoms with Crippen LogP contribution in [-0.2, 0) is 17.9 Å². The highest BCUT2D eigenvalue weighted by atomic mass is 79.9. The predicted octanol–water partition coefficient (Wildman–Crippen LogP) is 1.48. The van der Waals surface area contributed by atoms with Crippen LogP contribution in [0.4, 0.5) is 0 Å². The van der Waals surface area contributed by atoms with E-state index in [1.807, 2.05) is 11.6 Å². The molecular weight excluding hydrogens is 208 g/mol. The molecule has 0 amide bonds. The summed E-state index contributed by atoms with van der Waals surface area (Å²) in [5.41, 5.74) is 2.21. The van der Waals surface area contributed by atoms with Gasteiger partial charge >= 0.3 is 0 Å². The minimum atomic E-state index is 0.682. The van der Waals surface area contributed by atoms with Crippen LogP contribution >= 0.6 is 15.9 Å². The number of nitrogens with zero attached hydrogens (tertiary/aromatic N) is 2. The molecule has 0 saturated heterocycles. The molecule has 0 atom stereocenters. The summed E-state index contributed by atoms with van der Waals surface area (Å²) in [4.78, 5) is 0. The lowest BCUT2D eigenvalue weighted by atomic mass is 10.3. The molecule has 1 aromatic rings. The zero-order valence-corrected chi connectivity index (χ0v) is 7.89. The van der Waals surface area contributed by atoms with Crippen LogP contribution in [0.3, 0.4) is 0 Å². The van der Waals surface area contributed by atoms with E-state index < -0.39 is 0 Å². The molecule has 60 valence electrons. The van der Waals surface area contributed by atoms with Gasteiger partial charge in [-0.3, -0.25) is 4.68 Å². The molecule has 1 aliphatic heterocycles. The van der Waals surface area contributed by atoms with Gasteiger partial charge in [0, 0.05) is 0 Å². The Labute approximate surface area is 73.5 Å². The van der Waals surface area contributed by atoms with Gasteiger partial charge in [-0.2, -0.15) is 5.10 Å². The molecule has 0 spiro atoms. The summed E-state index contributed by atoms with van der Waals surface area (Å²) in [6.45, 7) is 4.33. The molecule has 0 unspecified atom stereocenters. The summed E-state index contributed by atoms with van der Waals surface area (Å²) in [5.74, 6) is 0. The third-order valence-electron chi connectivity index (χ3n) is 1.84. The van der Waals surface area contributed by atoms with Gasteiger partial charge in [0.15, 0.2) is 0 Å². The van der Waals surface area contributed by atoms with E-state index in [4.69, 9.17) is 4.74 Å². The van der Waals surface area contributed by atoms with Crippen molar-refractivity contribution in [3.05, 3.63) is 15.9 Å². The fourth-order valence-electron chi connectivity index (χ4n) is 1.25. The van der Waals surface area contributed by atoms with E-state index in [9.17, 15) is 0 Å². The molecule has 0 N–H and O–H groups in total. The van der Waals surface area contributed by atoms with Gasteiger partial charge in [0.2, 0.25) is 0 Å². The second-order valence-corrected chi connectivity index (χ2v) is 3.41. The number of hydrogen-bond donors (Lipinski definition) is 0. The Kier molecular flexibility index (Phi) is 1.73. The second-order valence-electron chi connectivity index (χ2n) is 2.62. The van der Waals surface area contributed by atoms with Crippen LogP contribution in [0.1, 0.15) is 11.4 Å². The van der Waals surface area contributed by atoms with Gasteiger partial charge in [-0.05, 0) is 22.9 Å². The molecule has 1 aromatic heterocycles. The first-order chi connectivity index (χ1) is 5.29. The van der Waals surface area contributed by atoms with E-state index in [1.54, 1.807) is 0 Å². The van der Waals surface area contributed by atoms with Crippen LogP contribution in [-0.4, -0.2) is 16.4 Å². The molecule has 11 heavy (non-hydrogen) atoms. The molecule has 0 saturated carbocycles. The van der Waals surface area contributed by atoms with Crippen LogP contribution in [0, 0.1) is 6.92 Å². The molecule has 0 radical (unpaired) electrons. The van der Waals surface area contributed by atoms with Crippen molar-refractivity contribution in [2.45, 2.75) is 20.1 Å². The first kappa shape index (κ1) is 7.31. The van der Waals surface area contributed by atoms with E-state index in [2.05, 4.69) is 21.0 Å². The molecule has 0 aliphatic carbocycles. The van der Waals surface area contributed by atoms with Crippen molar-refractivity contribution in [1.29, 1.82) is 0 Å². The smallest absolute Gasteiger partial charge is 0.0897 e. The van der Waals surface area contributed by atoms with Crippen LogP contribution in [0.15, 0.2) is 4.47 Å². The van der Waals surface area contributed by atoms with Gasteiger partial charge in [-0.25, -0.2) is 0 Å². The third-order valence-corrected chi connectivity index (χ3v) is 2.87. The maximum Gasteiger partial charge on any atom is 0.0897 e. The van der Waals surface area contributed by atoms with Crippen molar-refractivity contribution in [2.24, 2.45) is 0 Å². The molecule has 4 heteroatoms. The Morgan fingerprint density at radius 2 is 2.45 bits per heavy atom. The highest BCUT2D eigenvalue weighted by Crippen LogP contribution is 2.23. The molecule has 3 nitrogen and oxygen atoms in total. The fourth-order valence-corrected chi connectivity index (χ4v) is 1.65. The number of hydrogen-bond acceptors (Lipinski definition) is 2. The molecule has 2 rings (SSSR count). The van der Waals surface area contributed by atoms with Crippen LogP contribution < -0.4 is 0 Å². The zero-order chi connectivity index (χ0) is 7.84. The molecular formula is C7H9BrN2O. The largest absolute Gasteiger partial charge is 0.373 e. The van der Waals surface area contributed by atoms with E-state index in [0.717, 1.165) is 29.0 Å². The van der Waals surface area contributed by atoms with Crippen LogP contribution in [0.25, 0.3) is 0 Å². The average Bonchev–Trinajstić information content (AvgIpc) is 2.30. The van der Waals surface area contributed by atoms with E-state index >= 15 is 0 Å². The quantitative estimate of drug-likeness (QED) is 0.658. The van der Waals surface area contributed by atoms with Crippen molar-refractivity contribution >= 4 is 15.9 Å². The zero-order valence-electron chi connectivity index (χ0n) is 6.30. The Hall–Kier alpha value is -0.350. The van der Waals surface area contributed by atoms with Gasteiger partial charge in [-0.15, -0.1) is 0 Å². The third kappa shape index (κ3) is 1.10. The van der Waals surface area contributed by atoms with Gasteiger partial charge in [0.25, 0.3) is 0 Å². The average molecular weight is 217 g/mol. The van der Waals surface area contributed by atoms with Crippen molar-refractivity contribution in [2.75, 3.05) is 6.61 Å². The lowest BCUT2D eigenvalue weighted by Crippen LogP contribution is -2.17. The summed E-state index contributed by atoms with van der Waals surface area (Å²) >= 11 is 3.47. The number of halogens is 1. The maximum atomic E-state index is 5.30. The molecule has 2 heterocycles. The predicted molar refractivity (Wildman–Crippen MR) is 44.3 cm³/mol.